The molecule has 0 bridgehead atoms. The van der Waals surface area contributed by atoms with E-state index in [0.717, 1.165) is 29.8 Å². The van der Waals surface area contributed by atoms with Crippen molar-refractivity contribution >= 4 is 11.1 Å². The summed E-state index contributed by atoms with van der Waals surface area (Å²) in [6, 6.07) is 6.34. The number of benzene rings is 1. The van der Waals surface area contributed by atoms with E-state index >= 15 is 0 Å². The topological polar surface area (TPSA) is 26.0 Å². The zero-order valence-corrected chi connectivity index (χ0v) is 11.9. The highest BCUT2D eigenvalue weighted by Crippen LogP contribution is 2.26. The summed E-state index contributed by atoms with van der Waals surface area (Å²) in [5.74, 6) is 0.879. The van der Waals surface area contributed by atoms with Crippen LogP contribution in [0.25, 0.3) is 11.1 Å². The number of unbranched alkanes of at least 4 members (excludes halogenated alkanes) is 2. The van der Waals surface area contributed by atoms with Crippen molar-refractivity contribution in [2.45, 2.75) is 58.8 Å². The molecule has 0 amide bonds. The molecular weight excluding hydrogens is 222 g/mol. The van der Waals surface area contributed by atoms with Crippen LogP contribution in [0.3, 0.4) is 0 Å². The monoisotopic (exact) mass is 245 g/mol. The summed E-state index contributed by atoms with van der Waals surface area (Å²) in [5, 5.41) is 0. The average molecular weight is 245 g/mol. The number of aromatic nitrogens is 1. The first-order chi connectivity index (χ1) is 8.50. The van der Waals surface area contributed by atoms with Crippen molar-refractivity contribution in [2.24, 2.45) is 0 Å². The van der Waals surface area contributed by atoms with E-state index in [1.54, 1.807) is 0 Å². The van der Waals surface area contributed by atoms with E-state index in [9.17, 15) is 0 Å². The molecule has 2 rings (SSSR count). The molecule has 1 aromatic heterocycles. The maximum Gasteiger partial charge on any atom is 0.195 e. The van der Waals surface area contributed by atoms with E-state index < -0.39 is 0 Å². The second-order valence-corrected chi connectivity index (χ2v) is 6.00. The fourth-order valence-corrected chi connectivity index (χ4v) is 2.07. The number of hydrogen-bond acceptors (Lipinski definition) is 2. The van der Waals surface area contributed by atoms with Crippen molar-refractivity contribution in [1.82, 2.24) is 4.98 Å². The van der Waals surface area contributed by atoms with E-state index in [1.165, 1.54) is 18.4 Å². The number of nitrogens with zero attached hydrogens (tertiary/aromatic N) is 1. The van der Waals surface area contributed by atoms with Crippen LogP contribution < -0.4 is 0 Å². The normalized spacial score (nSPS) is 12.2. The van der Waals surface area contributed by atoms with Gasteiger partial charge in [-0.15, -0.1) is 0 Å². The van der Waals surface area contributed by atoms with E-state index in [0.29, 0.717) is 0 Å². The van der Waals surface area contributed by atoms with Gasteiger partial charge < -0.3 is 4.42 Å². The first-order valence-corrected chi connectivity index (χ1v) is 6.90. The molecule has 0 radical (unpaired) electrons. The fourth-order valence-electron chi connectivity index (χ4n) is 2.07. The third-order valence-electron chi connectivity index (χ3n) is 3.29. The van der Waals surface area contributed by atoms with Crippen LogP contribution >= 0.6 is 0 Å². The van der Waals surface area contributed by atoms with E-state index in [1.807, 2.05) is 6.07 Å². The lowest BCUT2D eigenvalue weighted by atomic mass is 9.87. The summed E-state index contributed by atoms with van der Waals surface area (Å²) in [7, 11) is 0. The molecule has 0 atom stereocenters. The molecule has 0 aliphatic rings. The van der Waals surface area contributed by atoms with Crippen molar-refractivity contribution in [2.75, 3.05) is 0 Å². The minimum absolute atomic E-state index is 0.162. The van der Waals surface area contributed by atoms with Crippen molar-refractivity contribution in [1.29, 1.82) is 0 Å². The Morgan fingerprint density at radius 1 is 1.17 bits per heavy atom. The van der Waals surface area contributed by atoms with Gasteiger partial charge in [0.05, 0.1) is 0 Å². The molecule has 0 spiro atoms. The Bertz CT molecular complexity index is 519. The highest BCUT2D eigenvalue weighted by molar-refractivity contribution is 5.73. The van der Waals surface area contributed by atoms with Crippen molar-refractivity contribution in [3.05, 3.63) is 29.7 Å². The lowest BCUT2D eigenvalue weighted by Gasteiger charge is -2.18. The summed E-state index contributed by atoms with van der Waals surface area (Å²) in [6.07, 6.45) is 4.59. The molecular formula is C16H23NO. The molecule has 0 aliphatic heterocycles. The Kier molecular flexibility index (Phi) is 3.74. The molecule has 0 saturated carbocycles. The summed E-state index contributed by atoms with van der Waals surface area (Å²) >= 11 is 0. The third kappa shape index (κ3) is 2.92. The number of hydrogen-bond donors (Lipinski definition) is 0. The maximum atomic E-state index is 5.77. The van der Waals surface area contributed by atoms with Gasteiger partial charge in [0.25, 0.3) is 0 Å². The van der Waals surface area contributed by atoms with Gasteiger partial charge in [-0.3, -0.25) is 0 Å². The molecule has 1 aromatic carbocycles. The predicted octanol–water partition coefficient (Wildman–Crippen LogP) is 4.86. The summed E-state index contributed by atoms with van der Waals surface area (Å²) in [5.41, 5.74) is 3.38. The van der Waals surface area contributed by atoms with E-state index in [2.05, 4.69) is 44.8 Å². The molecule has 2 heteroatoms. The van der Waals surface area contributed by atoms with Gasteiger partial charge in [0, 0.05) is 6.42 Å². The van der Waals surface area contributed by atoms with Crippen molar-refractivity contribution < 1.29 is 4.42 Å². The first-order valence-electron chi connectivity index (χ1n) is 6.90. The van der Waals surface area contributed by atoms with Crippen LogP contribution in [0.4, 0.5) is 0 Å². The zero-order valence-electron chi connectivity index (χ0n) is 11.9. The standard InChI is InChI=1S/C16H23NO/c1-5-6-7-8-15-17-13-11-12(16(2,3)4)9-10-14(13)18-15/h9-11H,5-8H2,1-4H3. The van der Waals surface area contributed by atoms with Crippen molar-refractivity contribution in [3.8, 4) is 0 Å². The summed E-state index contributed by atoms with van der Waals surface area (Å²) in [6.45, 7) is 8.87. The molecule has 1 heterocycles. The fraction of sp³-hybridized carbons (Fsp3) is 0.562. The third-order valence-corrected chi connectivity index (χ3v) is 3.29. The van der Waals surface area contributed by atoms with Crippen LogP contribution in [0, 0.1) is 0 Å². The summed E-state index contributed by atoms with van der Waals surface area (Å²) in [4.78, 5) is 4.59. The van der Waals surface area contributed by atoms with Gasteiger partial charge in [-0.05, 0) is 29.5 Å². The molecule has 0 unspecified atom stereocenters. The largest absolute Gasteiger partial charge is 0.441 e. The molecule has 18 heavy (non-hydrogen) atoms. The Labute approximate surface area is 109 Å². The quantitative estimate of drug-likeness (QED) is 0.719. The van der Waals surface area contributed by atoms with Gasteiger partial charge in [-0.2, -0.15) is 0 Å². The average Bonchev–Trinajstić information content (AvgIpc) is 2.69. The van der Waals surface area contributed by atoms with Crippen LogP contribution in [0.2, 0.25) is 0 Å². The SMILES string of the molecule is CCCCCc1nc2cc(C(C)(C)C)ccc2o1. The second kappa shape index (κ2) is 5.13. The molecule has 2 aromatic rings. The Balaban J connectivity index is 2.23. The Morgan fingerprint density at radius 3 is 2.61 bits per heavy atom. The molecule has 0 N–H and O–H groups in total. The summed E-state index contributed by atoms with van der Waals surface area (Å²) < 4.78 is 5.77. The van der Waals surface area contributed by atoms with Gasteiger partial charge in [0.2, 0.25) is 0 Å². The number of oxazole rings is 1. The van der Waals surface area contributed by atoms with Gasteiger partial charge >= 0.3 is 0 Å². The molecule has 2 nitrogen and oxygen atoms in total. The lowest BCUT2D eigenvalue weighted by Crippen LogP contribution is -2.10. The number of rotatable bonds is 4. The maximum absolute atomic E-state index is 5.77. The van der Waals surface area contributed by atoms with Gasteiger partial charge in [-0.25, -0.2) is 4.98 Å². The minimum Gasteiger partial charge on any atom is -0.441 e. The highest BCUT2D eigenvalue weighted by Gasteiger charge is 2.15. The first kappa shape index (κ1) is 13.1. The van der Waals surface area contributed by atoms with Crippen LogP contribution in [0.5, 0.6) is 0 Å². The van der Waals surface area contributed by atoms with Crippen molar-refractivity contribution in [3.63, 3.8) is 0 Å². The highest BCUT2D eigenvalue weighted by atomic mass is 16.3. The van der Waals surface area contributed by atoms with E-state index in [-0.39, 0.29) is 5.41 Å². The molecule has 98 valence electrons. The van der Waals surface area contributed by atoms with Gasteiger partial charge in [-0.1, -0.05) is 46.6 Å². The van der Waals surface area contributed by atoms with Gasteiger partial charge in [0.15, 0.2) is 11.5 Å². The van der Waals surface area contributed by atoms with E-state index in [4.69, 9.17) is 4.42 Å². The number of fused-ring (bicyclic) bond motifs is 1. The Morgan fingerprint density at radius 2 is 1.94 bits per heavy atom. The minimum atomic E-state index is 0.162. The van der Waals surface area contributed by atoms with Crippen LogP contribution in [0.15, 0.2) is 22.6 Å². The van der Waals surface area contributed by atoms with Crippen LogP contribution in [-0.2, 0) is 11.8 Å². The van der Waals surface area contributed by atoms with Crippen LogP contribution in [0.1, 0.15) is 58.4 Å². The molecule has 0 saturated heterocycles. The van der Waals surface area contributed by atoms with Gasteiger partial charge in [0.1, 0.15) is 5.52 Å². The smallest absolute Gasteiger partial charge is 0.195 e. The Hall–Kier alpha value is -1.31. The molecule has 0 fully saturated rings. The number of aryl methyl sites for hydroxylation is 1. The molecule has 0 aliphatic carbocycles. The lowest BCUT2D eigenvalue weighted by molar-refractivity contribution is 0.512. The zero-order chi connectivity index (χ0) is 13.2. The second-order valence-electron chi connectivity index (χ2n) is 6.00. The predicted molar refractivity (Wildman–Crippen MR) is 75.9 cm³/mol. The van der Waals surface area contributed by atoms with Crippen LogP contribution in [-0.4, -0.2) is 4.98 Å².